The Balaban J connectivity index is 1.94. The van der Waals surface area contributed by atoms with E-state index in [0.29, 0.717) is 23.0 Å². The number of unbranched alkanes of at least 4 members (excludes halogenated alkanes) is 17. The fourth-order valence-corrected chi connectivity index (χ4v) is 4.07. The molecule has 1 rings (SSSR count). The van der Waals surface area contributed by atoms with Crippen molar-refractivity contribution < 1.29 is 9.47 Å². The summed E-state index contributed by atoms with van der Waals surface area (Å²) in [6.07, 6.45) is 25.2. The van der Waals surface area contributed by atoms with E-state index in [1.807, 2.05) is 0 Å². The van der Waals surface area contributed by atoms with Gasteiger partial charge in [0.1, 0.15) is 0 Å². The summed E-state index contributed by atoms with van der Waals surface area (Å²) in [5, 5.41) is 15.3. The molecule has 0 unspecified atom stereocenters. The van der Waals surface area contributed by atoms with Crippen molar-refractivity contribution in [2.45, 2.75) is 136 Å². The summed E-state index contributed by atoms with van der Waals surface area (Å²) >= 11 is 0. The Kier molecular flexibility index (Phi) is 18.5. The smallest absolute Gasteiger partial charge is 0.347 e. The maximum Gasteiger partial charge on any atom is 0.347 e. The minimum atomic E-state index is -0.0751. The average Bonchev–Trinajstić information content (AvgIpc) is 2.81. The number of rotatable bonds is 23. The predicted octanol–water partition coefficient (Wildman–Crippen LogP) is 7.54. The van der Waals surface area contributed by atoms with Gasteiger partial charge in [-0.2, -0.15) is 0 Å². The van der Waals surface area contributed by atoms with Crippen LogP contribution in [-0.4, -0.2) is 18.1 Å². The van der Waals surface area contributed by atoms with Crippen molar-refractivity contribution in [2.24, 2.45) is 0 Å². The summed E-state index contributed by atoms with van der Waals surface area (Å²) in [5.74, 6) is 0.761. The third-order valence-electron chi connectivity index (χ3n) is 6.25. The lowest BCUT2D eigenvalue weighted by molar-refractivity contribution is -0.577. The molecule has 0 aliphatic carbocycles. The van der Waals surface area contributed by atoms with Gasteiger partial charge in [-0.05, 0) is 12.8 Å². The summed E-state index contributed by atoms with van der Waals surface area (Å²) in [5.41, 5.74) is 5.72. The van der Waals surface area contributed by atoms with Crippen LogP contribution in [0.25, 0.3) is 0 Å². The Morgan fingerprint density at radius 2 is 1.21 bits per heavy atom. The van der Waals surface area contributed by atoms with E-state index >= 15 is 0 Å². The number of nitrogen functional groups attached to an aromatic ring is 1. The Morgan fingerprint density at radius 3 is 1.70 bits per heavy atom. The molecular weight excluding hydrogens is 412 g/mol. The van der Waals surface area contributed by atoms with Gasteiger partial charge in [0.2, 0.25) is 5.82 Å². The molecule has 0 atom stereocenters. The summed E-state index contributed by atoms with van der Waals surface area (Å²) in [6, 6.07) is 1.65. The summed E-state index contributed by atoms with van der Waals surface area (Å²) < 4.78 is 6.22. The Hall–Kier alpha value is -1.72. The molecule has 33 heavy (non-hydrogen) atoms. The third-order valence-corrected chi connectivity index (χ3v) is 6.25. The first-order valence-corrected chi connectivity index (χ1v) is 14.0. The molecule has 0 aliphatic heterocycles. The van der Waals surface area contributed by atoms with Crippen LogP contribution in [0.15, 0.2) is 6.07 Å². The summed E-state index contributed by atoms with van der Waals surface area (Å²) in [7, 11) is 0. The van der Waals surface area contributed by atoms with Crippen LogP contribution in [0, 0.1) is 5.21 Å². The Labute approximate surface area is 203 Å². The number of aromatic nitrogens is 2. The normalized spacial score (nSPS) is 11.1. The van der Waals surface area contributed by atoms with Gasteiger partial charge in [0.25, 0.3) is 5.88 Å². The maximum atomic E-state index is 12.1. The molecule has 192 valence electrons. The zero-order valence-electron chi connectivity index (χ0n) is 21.7. The first-order valence-electron chi connectivity index (χ1n) is 14.0. The van der Waals surface area contributed by atoms with Gasteiger partial charge in [-0.25, -0.2) is 4.73 Å². The molecule has 0 amide bonds. The maximum absolute atomic E-state index is 12.1. The number of ether oxygens (including phenoxy) is 1. The van der Waals surface area contributed by atoms with Gasteiger partial charge in [-0.1, -0.05) is 128 Å². The van der Waals surface area contributed by atoms with Crippen molar-refractivity contribution in [3.05, 3.63) is 11.3 Å². The molecule has 6 nitrogen and oxygen atoms in total. The number of hydrogen-bond acceptors (Lipinski definition) is 5. The Morgan fingerprint density at radius 1 is 0.758 bits per heavy atom. The highest BCUT2D eigenvalue weighted by atomic mass is 16.5. The second-order valence-corrected chi connectivity index (χ2v) is 9.42. The zero-order chi connectivity index (χ0) is 24.0. The molecule has 0 spiro atoms. The highest BCUT2D eigenvalue weighted by molar-refractivity contribution is 5.36. The van der Waals surface area contributed by atoms with E-state index in [0.717, 1.165) is 25.8 Å². The molecule has 0 aliphatic rings. The quantitative estimate of drug-likeness (QED) is 0.0992. The SMILES string of the molecule is CCCCCCCCCCCCCCCCCCCNc1cc(OCCCC)nc(N)[n+]1[O-]. The lowest BCUT2D eigenvalue weighted by Crippen LogP contribution is -2.36. The fourth-order valence-electron chi connectivity index (χ4n) is 4.07. The average molecular weight is 465 g/mol. The minimum Gasteiger partial charge on any atom is -0.754 e. The summed E-state index contributed by atoms with van der Waals surface area (Å²) in [6.45, 7) is 5.74. The van der Waals surface area contributed by atoms with E-state index in [-0.39, 0.29) is 5.95 Å². The van der Waals surface area contributed by atoms with E-state index in [9.17, 15) is 5.21 Å². The lowest BCUT2D eigenvalue weighted by atomic mass is 10.0. The van der Waals surface area contributed by atoms with E-state index in [4.69, 9.17) is 10.5 Å². The molecule has 1 heterocycles. The first-order chi connectivity index (χ1) is 16.2. The number of hydrogen-bond donors (Lipinski definition) is 2. The number of nitrogens with one attached hydrogen (secondary N) is 1. The Bertz CT molecular complexity index is 583. The van der Waals surface area contributed by atoms with Gasteiger partial charge in [-0.15, -0.1) is 0 Å². The first kappa shape index (κ1) is 29.3. The molecule has 6 heteroatoms. The fraction of sp³-hybridized carbons (Fsp3) is 0.852. The van der Waals surface area contributed by atoms with Crippen molar-refractivity contribution in [3.8, 4) is 5.88 Å². The van der Waals surface area contributed by atoms with Crippen LogP contribution >= 0.6 is 0 Å². The largest absolute Gasteiger partial charge is 0.754 e. The molecule has 0 fully saturated rings. The van der Waals surface area contributed by atoms with E-state index in [1.54, 1.807) is 6.07 Å². The molecule has 3 N–H and O–H groups in total. The van der Waals surface area contributed by atoms with Crippen LogP contribution in [0.2, 0.25) is 0 Å². The molecule has 1 aromatic rings. The second kappa shape index (κ2) is 20.9. The molecule has 0 radical (unpaired) electrons. The van der Waals surface area contributed by atoms with Crippen LogP contribution in [0.3, 0.4) is 0 Å². The molecular formula is C27H52N4O2. The van der Waals surface area contributed by atoms with E-state index in [1.165, 1.54) is 103 Å². The van der Waals surface area contributed by atoms with Crippen LogP contribution in [0.4, 0.5) is 11.8 Å². The van der Waals surface area contributed by atoms with Crippen molar-refractivity contribution in [2.75, 3.05) is 24.2 Å². The van der Waals surface area contributed by atoms with Crippen LogP contribution in [0.1, 0.15) is 136 Å². The molecule has 0 saturated carbocycles. The molecule has 0 aromatic carbocycles. The van der Waals surface area contributed by atoms with Gasteiger partial charge >= 0.3 is 5.95 Å². The van der Waals surface area contributed by atoms with Crippen molar-refractivity contribution >= 4 is 11.8 Å². The van der Waals surface area contributed by atoms with Crippen LogP contribution < -0.4 is 20.5 Å². The van der Waals surface area contributed by atoms with E-state index < -0.39 is 0 Å². The second-order valence-electron chi connectivity index (χ2n) is 9.42. The number of anilines is 2. The van der Waals surface area contributed by atoms with Crippen LogP contribution in [0.5, 0.6) is 5.88 Å². The van der Waals surface area contributed by atoms with Gasteiger partial charge in [-0.3, -0.25) is 0 Å². The van der Waals surface area contributed by atoms with Gasteiger partial charge in [0, 0.05) is 6.54 Å². The standard InChI is InChI=1S/C27H52N4O2/c1-3-5-7-8-9-10-11-12-13-14-15-16-17-18-19-20-21-22-29-25-24-26(33-23-6-4-2)30-27(28)31(25)32/h24,29H,3-23H2,1-2H3,(H2,28,30). The van der Waals surface area contributed by atoms with Gasteiger partial charge < -0.3 is 21.0 Å². The molecule has 0 bridgehead atoms. The summed E-state index contributed by atoms with van der Waals surface area (Å²) in [4.78, 5) is 4.00. The third kappa shape index (κ3) is 15.7. The van der Waals surface area contributed by atoms with Crippen molar-refractivity contribution in [1.29, 1.82) is 0 Å². The minimum absolute atomic E-state index is 0.0751. The molecule has 0 saturated heterocycles. The van der Waals surface area contributed by atoms with E-state index in [2.05, 4.69) is 24.1 Å². The topological polar surface area (TPSA) is 87.1 Å². The highest BCUT2D eigenvalue weighted by Crippen LogP contribution is 2.15. The number of nitrogens with zero attached hydrogens (tertiary/aromatic N) is 2. The predicted molar refractivity (Wildman–Crippen MR) is 141 cm³/mol. The van der Waals surface area contributed by atoms with Gasteiger partial charge in [0.15, 0.2) is 0 Å². The molecule has 1 aromatic heterocycles. The number of nitrogens with two attached hydrogens (primary N) is 1. The monoisotopic (exact) mass is 464 g/mol. The van der Waals surface area contributed by atoms with Crippen LogP contribution in [-0.2, 0) is 0 Å². The zero-order valence-corrected chi connectivity index (χ0v) is 21.7. The van der Waals surface area contributed by atoms with Crippen molar-refractivity contribution in [1.82, 2.24) is 4.98 Å². The van der Waals surface area contributed by atoms with Crippen molar-refractivity contribution in [3.63, 3.8) is 0 Å². The lowest BCUT2D eigenvalue weighted by Gasteiger charge is -2.14. The highest BCUT2D eigenvalue weighted by Gasteiger charge is 2.11. The van der Waals surface area contributed by atoms with Gasteiger partial charge in [0.05, 0.1) is 12.7 Å².